The van der Waals surface area contributed by atoms with Gasteiger partial charge in [0.15, 0.2) is 0 Å². The van der Waals surface area contributed by atoms with Crippen LogP contribution in [0.5, 0.6) is 17.4 Å². The SMILES string of the molecule is COc1ccc(Oc2cc(CNc3c(C#N)cnc4ccccc34)ccn2)cc1. The van der Waals surface area contributed by atoms with Crippen molar-refractivity contribution >= 4 is 16.6 Å². The summed E-state index contributed by atoms with van der Waals surface area (Å²) in [5, 5.41) is 13.7. The molecule has 2 heterocycles. The standard InChI is InChI=1S/C23H18N4O2/c1-28-18-6-8-19(9-7-18)29-22-12-16(10-11-25-22)14-27-23-17(13-24)15-26-21-5-3-2-4-20(21)23/h2-12,15H,14H2,1H3,(H,26,27). The number of methoxy groups -OCH3 is 1. The molecule has 0 aliphatic carbocycles. The lowest BCUT2D eigenvalue weighted by atomic mass is 10.1. The van der Waals surface area contributed by atoms with Crippen molar-refractivity contribution in [3.8, 4) is 23.4 Å². The smallest absolute Gasteiger partial charge is 0.219 e. The first kappa shape index (κ1) is 18.3. The fraction of sp³-hybridized carbons (Fsp3) is 0.0870. The quantitative estimate of drug-likeness (QED) is 0.510. The first-order valence-electron chi connectivity index (χ1n) is 9.05. The first-order valence-corrected chi connectivity index (χ1v) is 9.05. The summed E-state index contributed by atoms with van der Waals surface area (Å²) in [5.41, 5.74) is 3.10. The van der Waals surface area contributed by atoms with Gasteiger partial charge in [0, 0.05) is 30.4 Å². The fourth-order valence-electron chi connectivity index (χ4n) is 2.99. The number of fused-ring (bicyclic) bond motifs is 1. The average Bonchev–Trinajstić information content (AvgIpc) is 2.78. The summed E-state index contributed by atoms with van der Waals surface area (Å²) in [4.78, 5) is 8.61. The van der Waals surface area contributed by atoms with Gasteiger partial charge in [-0.2, -0.15) is 5.26 Å². The second kappa shape index (κ2) is 8.28. The van der Waals surface area contributed by atoms with Crippen molar-refractivity contribution in [3.63, 3.8) is 0 Å². The molecular weight excluding hydrogens is 364 g/mol. The monoisotopic (exact) mass is 382 g/mol. The van der Waals surface area contributed by atoms with Gasteiger partial charge >= 0.3 is 0 Å². The van der Waals surface area contributed by atoms with Gasteiger partial charge in [0.05, 0.1) is 23.9 Å². The molecule has 6 nitrogen and oxygen atoms in total. The zero-order valence-electron chi connectivity index (χ0n) is 15.8. The molecule has 142 valence electrons. The van der Waals surface area contributed by atoms with Gasteiger partial charge in [-0.15, -0.1) is 0 Å². The molecule has 0 aliphatic heterocycles. The largest absolute Gasteiger partial charge is 0.497 e. The Morgan fingerprint density at radius 3 is 2.59 bits per heavy atom. The molecule has 0 saturated heterocycles. The number of nitriles is 1. The topological polar surface area (TPSA) is 80.1 Å². The zero-order valence-corrected chi connectivity index (χ0v) is 15.8. The molecule has 0 spiro atoms. The van der Waals surface area contributed by atoms with Crippen LogP contribution in [-0.4, -0.2) is 17.1 Å². The third-order valence-electron chi connectivity index (χ3n) is 4.45. The molecule has 4 aromatic rings. The molecule has 0 fully saturated rings. The van der Waals surface area contributed by atoms with Gasteiger partial charge in [-0.3, -0.25) is 4.98 Å². The van der Waals surface area contributed by atoms with E-state index in [2.05, 4.69) is 21.4 Å². The molecule has 0 unspecified atom stereocenters. The summed E-state index contributed by atoms with van der Waals surface area (Å²) < 4.78 is 11.0. The summed E-state index contributed by atoms with van der Waals surface area (Å²) in [7, 11) is 1.62. The van der Waals surface area contributed by atoms with Gasteiger partial charge in [-0.05, 0) is 42.0 Å². The van der Waals surface area contributed by atoms with E-state index in [1.54, 1.807) is 19.5 Å². The van der Waals surface area contributed by atoms with E-state index in [0.717, 1.165) is 27.9 Å². The minimum atomic E-state index is 0.495. The second-order valence-corrected chi connectivity index (χ2v) is 6.31. The molecule has 2 aromatic carbocycles. The van der Waals surface area contributed by atoms with Crippen LogP contribution in [0.2, 0.25) is 0 Å². The Morgan fingerprint density at radius 1 is 1.00 bits per heavy atom. The lowest BCUT2D eigenvalue weighted by Gasteiger charge is -2.12. The summed E-state index contributed by atoms with van der Waals surface area (Å²) in [6.07, 6.45) is 3.29. The number of benzene rings is 2. The van der Waals surface area contributed by atoms with Gasteiger partial charge in [-0.25, -0.2) is 4.98 Å². The van der Waals surface area contributed by atoms with E-state index < -0.39 is 0 Å². The van der Waals surface area contributed by atoms with Gasteiger partial charge in [0.1, 0.15) is 17.6 Å². The Bertz CT molecular complexity index is 1180. The van der Waals surface area contributed by atoms with Crippen molar-refractivity contribution in [3.05, 3.63) is 84.2 Å². The number of pyridine rings is 2. The molecule has 2 aromatic heterocycles. The summed E-state index contributed by atoms with van der Waals surface area (Å²) in [5.74, 6) is 1.94. The van der Waals surface area contributed by atoms with Crippen LogP contribution < -0.4 is 14.8 Å². The van der Waals surface area contributed by atoms with Crippen molar-refractivity contribution in [2.45, 2.75) is 6.54 Å². The summed E-state index contributed by atoms with van der Waals surface area (Å²) in [6, 6.07) is 21.0. The van der Waals surface area contributed by atoms with Crippen molar-refractivity contribution in [1.29, 1.82) is 5.26 Å². The third kappa shape index (κ3) is 4.09. The van der Waals surface area contributed by atoms with Crippen molar-refractivity contribution in [2.24, 2.45) is 0 Å². The minimum Gasteiger partial charge on any atom is -0.497 e. The Balaban J connectivity index is 1.53. The number of anilines is 1. The maximum Gasteiger partial charge on any atom is 0.219 e. The highest BCUT2D eigenvalue weighted by molar-refractivity contribution is 5.93. The molecule has 0 atom stereocenters. The van der Waals surface area contributed by atoms with E-state index in [9.17, 15) is 5.26 Å². The molecule has 29 heavy (non-hydrogen) atoms. The number of aromatic nitrogens is 2. The van der Waals surface area contributed by atoms with Crippen LogP contribution in [0.4, 0.5) is 5.69 Å². The van der Waals surface area contributed by atoms with E-state index in [1.807, 2.05) is 60.7 Å². The molecule has 0 radical (unpaired) electrons. The molecule has 1 N–H and O–H groups in total. The van der Waals surface area contributed by atoms with Crippen molar-refractivity contribution in [2.75, 3.05) is 12.4 Å². The molecule has 6 heteroatoms. The first-order chi connectivity index (χ1) is 14.3. The van der Waals surface area contributed by atoms with Gasteiger partial charge < -0.3 is 14.8 Å². The molecule has 0 amide bonds. The molecule has 0 saturated carbocycles. The third-order valence-corrected chi connectivity index (χ3v) is 4.45. The van der Waals surface area contributed by atoms with Gasteiger partial charge in [0.2, 0.25) is 5.88 Å². The van der Waals surface area contributed by atoms with E-state index in [4.69, 9.17) is 9.47 Å². The average molecular weight is 382 g/mol. The van der Waals surface area contributed by atoms with Crippen LogP contribution in [0.3, 0.4) is 0 Å². The van der Waals surface area contributed by atoms with Crippen LogP contribution >= 0.6 is 0 Å². The highest BCUT2D eigenvalue weighted by Gasteiger charge is 2.09. The van der Waals surface area contributed by atoms with Crippen LogP contribution in [0, 0.1) is 11.3 Å². The highest BCUT2D eigenvalue weighted by Crippen LogP contribution is 2.27. The number of hydrogen-bond acceptors (Lipinski definition) is 6. The number of para-hydroxylation sites is 1. The second-order valence-electron chi connectivity index (χ2n) is 6.31. The molecule has 4 rings (SSSR count). The van der Waals surface area contributed by atoms with E-state index in [-0.39, 0.29) is 0 Å². The van der Waals surface area contributed by atoms with E-state index >= 15 is 0 Å². The van der Waals surface area contributed by atoms with Crippen LogP contribution in [0.25, 0.3) is 10.9 Å². The molecular formula is C23H18N4O2. The van der Waals surface area contributed by atoms with E-state index in [0.29, 0.717) is 23.7 Å². The Labute approximate surface area is 168 Å². The van der Waals surface area contributed by atoms with E-state index in [1.165, 1.54) is 0 Å². The summed E-state index contributed by atoms with van der Waals surface area (Å²) >= 11 is 0. The fourth-order valence-corrected chi connectivity index (χ4v) is 2.99. The predicted molar refractivity (Wildman–Crippen MR) is 111 cm³/mol. The predicted octanol–water partition coefficient (Wildman–Crippen LogP) is 4.91. The maximum atomic E-state index is 9.45. The number of nitrogens with one attached hydrogen (secondary N) is 1. The van der Waals surface area contributed by atoms with Crippen LogP contribution in [0.15, 0.2) is 73.1 Å². The highest BCUT2D eigenvalue weighted by atomic mass is 16.5. The lowest BCUT2D eigenvalue weighted by Crippen LogP contribution is -2.03. The Hall–Kier alpha value is -4.11. The van der Waals surface area contributed by atoms with Gasteiger partial charge in [-0.1, -0.05) is 18.2 Å². The Morgan fingerprint density at radius 2 is 1.79 bits per heavy atom. The number of rotatable bonds is 6. The molecule has 0 bridgehead atoms. The molecule has 0 aliphatic rings. The number of hydrogen-bond donors (Lipinski definition) is 1. The van der Waals surface area contributed by atoms with Crippen molar-refractivity contribution in [1.82, 2.24) is 9.97 Å². The normalized spacial score (nSPS) is 10.3. The maximum absolute atomic E-state index is 9.45. The lowest BCUT2D eigenvalue weighted by molar-refractivity contribution is 0.412. The van der Waals surface area contributed by atoms with Crippen LogP contribution in [-0.2, 0) is 6.54 Å². The number of ether oxygens (including phenoxy) is 2. The Kier molecular flexibility index (Phi) is 5.21. The number of nitrogens with zero attached hydrogens (tertiary/aromatic N) is 3. The van der Waals surface area contributed by atoms with Crippen molar-refractivity contribution < 1.29 is 9.47 Å². The van der Waals surface area contributed by atoms with Crippen LogP contribution in [0.1, 0.15) is 11.1 Å². The zero-order chi connectivity index (χ0) is 20.1. The van der Waals surface area contributed by atoms with Gasteiger partial charge in [0.25, 0.3) is 0 Å². The summed E-state index contributed by atoms with van der Waals surface area (Å²) in [6.45, 7) is 0.518. The minimum absolute atomic E-state index is 0.495.